The number of nitrogens with one attached hydrogen (secondary N) is 1. The van der Waals surface area contributed by atoms with Crippen LogP contribution in [0.5, 0.6) is 0 Å². The van der Waals surface area contributed by atoms with Crippen molar-refractivity contribution in [3.05, 3.63) is 40.9 Å². The molecule has 0 aromatic heterocycles. The minimum atomic E-state index is -0.397. The van der Waals surface area contributed by atoms with Crippen LogP contribution in [0.2, 0.25) is 5.02 Å². The van der Waals surface area contributed by atoms with Gasteiger partial charge in [0, 0.05) is 17.3 Å². The van der Waals surface area contributed by atoms with E-state index in [4.69, 9.17) is 16.3 Å². The summed E-state index contributed by atoms with van der Waals surface area (Å²) < 4.78 is 5.07. The lowest BCUT2D eigenvalue weighted by Crippen LogP contribution is -2.40. The summed E-state index contributed by atoms with van der Waals surface area (Å²) >= 11 is 5.95. The highest BCUT2D eigenvalue weighted by molar-refractivity contribution is 6.31. The van der Waals surface area contributed by atoms with Crippen LogP contribution in [0.15, 0.2) is 30.4 Å². The van der Waals surface area contributed by atoms with E-state index in [-0.39, 0.29) is 31.4 Å². The Labute approximate surface area is 164 Å². The molecule has 0 saturated heterocycles. The Morgan fingerprint density at radius 3 is 2.78 bits per heavy atom. The second-order valence-electron chi connectivity index (χ2n) is 6.55. The maximum atomic E-state index is 12.3. The van der Waals surface area contributed by atoms with Crippen LogP contribution in [-0.2, 0) is 19.1 Å². The van der Waals surface area contributed by atoms with Crippen molar-refractivity contribution in [2.75, 3.05) is 25.0 Å². The highest BCUT2D eigenvalue weighted by atomic mass is 35.5. The van der Waals surface area contributed by atoms with Crippen LogP contribution in [0.3, 0.4) is 0 Å². The molecule has 1 atom stereocenters. The number of hydrogen-bond acceptors (Lipinski definition) is 4. The zero-order chi connectivity index (χ0) is 19.8. The summed E-state index contributed by atoms with van der Waals surface area (Å²) in [6.45, 7) is 3.48. The average Bonchev–Trinajstić information content (AvgIpc) is 3.13. The standard InChI is InChI=1S/C20H25ClN2O4/c1-3-23(12-18(24)22-17-11-16(21)9-8-14(17)2)19(25)13-27-20(26)10-15-6-4-5-7-15/h4,6,8-9,11,15H,3,5,7,10,12-13H2,1-2H3,(H,22,24)/t15-/m0/s1. The molecular weight excluding hydrogens is 368 g/mol. The quantitative estimate of drug-likeness (QED) is 0.543. The Balaban J connectivity index is 1.81. The Hall–Kier alpha value is -2.34. The van der Waals surface area contributed by atoms with Crippen LogP contribution in [0.1, 0.15) is 31.7 Å². The predicted octanol–water partition coefficient (Wildman–Crippen LogP) is 3.33. The molecule has 0 spiro atoms. The highest BCUT2D eigenvalue weighted by Gasteiger charge is 2.20. The van der Waals surface area contributed by atoms with Gasteiger partial charge >= 0.3 is 5.97 Å². The summed E-state index contributed by atoms with van der Waals surface area (Å²) in [4.78, 5) is 37.7. The predicted molar refractivity (Wildman–Crippen MR) is 105 cm³/mol. The van der Waals surface area contributed by atoms with Gasteiger partial charge in [0.1, 0.15) is 0 Å². The first kappa shape index (κ1) is 21.0. The van der Waals surface area contributed by atoms with Gasteiger partial charge in [-0.25, -0.2) is 0 Å². The number of carbonyl (C=O) groups is 3. The molecular formula is C20H25ClN2O4. The molecule has 27 heavy (non-hydrogen) atoms. The van der Waals surface area contributed by atoms with Crippen molar-refractivity contribution < 1.29 is 19.1 Å². The van der Waals surface area contributed by atoms with Crippen LogP contribution >= 0.6 is 11.6 Å². The summed E-state index contributed by atoms with van der Waals surface area (Å²) in [5.41, 5.74) is 1.48. The number of carbonyl (C=O) groups excluding carboxylic acids is 3. The Bertz CT molecular complexity index is 733. The van der Waals surface area contributed by atoms with Gasteiger partial charge in [-0.2, -0.15) is 0 Å². The lowest BCUT2D eigenvalue weighted by molar-refractivity contribution is -0.152. The first-order chi connectivity index (χ1) is 12.9. The van der Waals surface area contributed by atoms with Gasteiger partial charge in [-0.15, -0.1) is 0 Å². The largest absolute Gasteiger partial charge is 0.456 e. The number of halogens is 1. The van der Waals surface area contributed by atoms with E-state index < -0.39 is 11.9 Å². The Morgan fingerprint density at radius 2 is 2.11 bits per heavy atom. The smallest absolute Gasteiger partial charge is 0.306 e. The van der Waals surface area contributed by atoms with Gasteiger partial charge in [0.25, 0.3) is 5.91 Å². The number of aryl methyl sites for hydroxylation is 1. The van der Waals surface area contributed by atoms with Gasteiger partial charge in [-0.1, -0.05) is 29.8 Å². The van der Waals surface area contributed by atoms with E-state index in [1.165, 1.54) is 4.90 Å². The van der Waals surface area contributed by atoms with Crippen molar-refractivity contribution in [1.82, 2.24) is 4.90 Å². The minimum absolute atomic E-state index is 0.121. The van der Waals surface area contributed by atoms with Gasteiger partial charge < -0.3 is 15.0 Å². The normalized spacial score (nSPS) is 15.4. The van der Waals surface area contributed by atoms with Crippen LogP contribution in [-0.4, -0.2) is 42.4 Å². The molecule has 1 aliphatic rings. The number of esters is 1. The van der Waals surface area contributed by atoms with Crippen LogP contribution in [0.4, 0.5) is 5.69 Å². The number of rotatable bonds is 8. The highest BCUT2D eigenvalue weighted by Crippen LogP contribution is 2.21. The van der Waals surface area contributed by atoms with Crippen molar-refractivity contribution in [2.45, 2.75) is 33.1 Å². The molecule has 146 valence electrons. The second-order valence-corrected chi connectivity index (χ2v) is 6.98. The molecule has 6 nitrogen and oxygen atoms in total. The van der Waals surface area contributed by atoms with E-state index in [0.29, 0.717) is 17.3 Å². The van der Waals surface area contributed by atoms with E-state index in [2.05, 4.69) is 5.32 Å². The van der Waals surface area contributed by atoms with E-state index in [9.17, 15) is 14.4 Å². The summed E-state index contributed by atoms with van der Waals surface area (Å²) in [5.74, 6) is -0.930. The van der Waals surface area contributed by atoms with Crippen molar-refractivity contribution >= 4 is 35.1 Å². The van der Waals surface area contributed by atoms with Gasteiger partial charge in [0.05, 0.1) is 13.0 Å². The zero-order valence-corrected chi connectivity index (χ0v) is 16.4. The second kappa shape index (κ2) is 10.1. The molecule has 0 unspecified atom stereocenters. The fraction of sp³-hybridized carbons (Fsp3) is 0.450. The molecule has 7 heteroatoms. The van der Waals surface area contributed by atoms with E-state index in [0.717, 1.165) is 18.4 Å². The number of ether oxygens (including phenoxy) is 1. The number of likely N-dealkylation sites (N-methyl/N-ethyl adjacent to an activating group) is 1. The maximum Gasteiger partial charge on any atom is 0.306 e. The molecule has 2 rings (SSSR count). The summed E-state index contributed by atoms with van der Waals surface area (Å²) in [6, 6.07) is 5.20. The number of allylic oxidation sites excluding steroid dienone is 2. The fourth-order valence-corrected chi connectivity index (χ4v) is 3.01. The number of amides is 2. The molecule has 0 heterocycles. The van der Waals surface area contributed by atoms with Gasteiger partial charge in [0.15, 0.2) is 6.61 Å². The topological polar surface area (TPSA) is 75.7 Å². The van der Waals surface area contributed by atoms with Crippen molar-refractivity contribution in [3.63, 3.8) is 0 Å². The molecule has 1 N–H and O–H groups in total. The molecule has 1 aromatic carbocycles. The van der Waals surface area contributed by atoms with Gasteiger partial charge in [0.2, 0.25) is 5.91 Å². The first-order valence-electron chi connectivity index (χ1n) is 9.05. The van der Waals surface area contributed by atoms with E-state index in [1.807, 2.05) is 19.1 Å². The average molecular weight is 393 g/mol. The Kier molecular flexibility index (Phi) is 7.85. The third-order valence-electron chi connectivity index (χ3n) is 4.44. The summed E-state index contributed by atoms with van der Waals surface area (Å²) in [5, 5.41) is 3.27. The molecule has 2 amide bonds. The molecule has 1 aromatic rings. The van der Waals surface area contributed by atoms with E-state index in [1.54, 1.807) is 25.1 Å². The molecule has 1 aliphatic carbocycles. The molecule has 0 aliphatic heterocycles. The summed E-state index contributed by atoms with van der Waals surface area (Å²) in [7, 11) is 0. The Morgan fingerprint density at radius 1 is 1.33 bits per heavy atom. The van der Waals surface area contributed by atoms with Crippen LogP contribution in [0, 0.1) is 12.8 Å². The van der Waals surface area contributed by atoms with Crippen molar-refractivity contribution in [2.24, 2.45) is 5.92 Å². The zero-order valence-electron chi connectivity index (χ0n) is 15.7. The van der Waals surface area contributed by atoms with Crippen molar-refractivity contribution in [3.8, 4) is 0 Å². The number of anilines is 1. The number of nitrogens with zero attached hydrogens (tertiary/aromatic N) is 1. The SMILES string of the molecule is CCN(CC(=O)Nc1cc(Cl)ccc1C)C(=O)COC(=O)C[C@H]1C=CCC1. The third-order valence-corrected chi connectivity index (χ3v) is 4.68. The fourth-order valence-electron chi connectivity index (χ4n) is 2.84. The number of hydrogen-bond donors (Lipinski definition) is 1. The number of benzene rings is 1. The van der Waals surface area contributed by atoms with Gasteiger partial charge in [-0.3, -0.25) is 14.4 Å². The van der Waals surface area contributed by atoms with Gasteiger partial charge in [-0.05, 0) is 50.3 Å². The van der Waals surface area contributed by atoms with E-state index >= 15 is 0 Å². The molecule has 0 saturated carbocycles. The first-order valence-corrected chi connectivity index (χ1v) is 9.43. The van der Waals surface area contributed by atoms with Crippen LogP contribution < -0.4 is 5.32 Å². The third kappa shape index (κ3) is 6.71. The monoisotopic (exact) mass is 392 g/mol. The molecule has 0 fully saturated rings. The lowest BCUT2D eigenvalue weighted by atomic mass is 10.1. The molecule has 0 radical (unpaired) electrons. The van der Waals surface area contributed by atoms with Crippen LogP contribution in [0.25, 0.3) is 0 Å². The maximum absolute atomic E-state index is 12.3. The molecule has 0 bridgehead atoms. The minimum Gasteiger partial charge on any atom is -0.456 e. The summed E-state index contributed by atoms with van der Waals surface area (Å²) in [6.07, 6.45) is 6.24. The lowest BCUT2D eigenvalue weighted by Gasteiger charge is -2.20. The van der Waals surface area contributed by atoms with Crippen molar-refractivity contribution in [1.29, 1.82) is 0 Å².